The summed E-state index contributed by atoms with van der Waals surface area (Å²) in [5.74, 6) is 0.0817. The summed E-state index contributed by atoms with van der Waals surface area (Å²) in [6.45, 7) is 4.08. The largest absolute Gasteiger partial charge is 0.362 e. The Hall–Kier alpha value is -2.23. The lowest BCUT2D eigenvalue weighted by atomic mass is 9.99. The molecule has 4 nitrogen and oxygen atoms in total. The minimum absolute atomic E-state index is 0.103. The summed E-state index contributed by atoms with van der Waals surface area (Å²) >= 11 is 0. The zero-order chi connectivity index (χ0) is 14.3. The number of hydrogen-bond acceptors (Lipinski definition) is 3. The summed E-state index contributed by atoms with van der Waals surface area (Å²) in [6.07, 6.45) is 5.27. The molecule has 0 fully saturated rings. The summed E-state index contributed by atoms with van der Waals surface area (Å²) in [6, 6.07) is 5.75. The van der Waals surface area contributed by atoms with Crippen LogP contribution in [0.15, 0.2) is 34.3 Å². The second-order valence-electron chi connectivity index (χ2n) is 5.47. The SMILES string of the molecule is CC(C)C1C(=O)/N=C\C=C2/C=Nc3cccc(c32)N1C. The number of nitrogens with zero attached hydrogens (tertiary/aromatic N) is 3. The van der Waals surface area contributed by atoms with Gasteiger partial charge in [0.1, 0.15) is 6.04 Å². The number of allylic oxidation sites excluding steroid dienone is 2. The lowest BCUT2D eigenvalue weighted by molar-refractivity contribution is -0.119. The van der Waals surface area contributed by atoms with Crippen LogP contribution in [0.4, 0.5) is 11.4 Å². The van der Waals surface area contributed by atoms with Crippen LogP contribution in [0.1, 0.15) is 19.4 Å². The summed E-state index contributed by atoms with van der Waals surface area (Å²) in [5, 5.41) is 0. The van der Waals surface area contributed by atoms with Crippen LogP contribution in [-0.4, -0.2) is 31.4 Å². The van der Waals surface area contributed by atoms with E-state index in [1.807, 2.05) is 56.3 Å². The summed E-state index contributed by atoms with van der Waals surface area (Å²) in [5.41, 5.74) is 4.07. The second-order valence-corrected chi connectivity index (χ2v) is 5.47. The lowest BCUT2D eigenvalue weighted by Crippen LogP contribution is -2.42. The molecule has 2 heterocycles. The highest BCUT2D eigenvalue weighted by Gasteiger charge is 2.30. The van der Waals surface area contributed by atoms with E-state index in [1.54, 1.807) is 6.21 Å². The Kier molecular flexibility index (Phi) is 3.01. The van der Waals surface area contributed by atoms with Crippen molar-refractivity contribution >= 4 is 35.3 Å². The smallest absolute Gasteiger partial charge is 0.268 e. The molecule has 4 heteroatoms. The predicted molar refractivity (Wildman–Crippen MR) is 83.1 cm³/mol. The van der Waals surface area contributed by atoms with Gasteiger partial charge in [-0.2, -0.15) is 0 Å². The van der Waals surface area contributed by atoms with Gasteiger partial charge in [0.2, 0.25) is 0 Å². The van der Waals surface area contributed by atoms with E-state index < -0.39 is 0 Å². The number of benzene rings is 1. The van der Waals surface area contributed by atoms with Gasteiger partial charge in [-0.3, -0.25) is 9.79 Å². The van der Waals surface area contributed by atoms with E-state index in [0.29, 0.717) is 0 Å². The van der Waals surface area contributed by atoms with E-state index >= 15 is 0 Å². The molecule has 0 N–H and O–H groups in total. The third-order valence-electron chi connectivity index (χ3n) is 3.79. The van der Waals surface area contributed by atoms with Gasteiger partial charge in [0, 0.05) is 36.3 Å². The van der Waals surface area contributed by atoms with Crippen molar-refractivity contribution < 1.29 is 4.79 Å². The molecule has 102 valence electrons. The first kappa shape index (κ1) is 12.8. The lowest BCUT2D eigenvalue weighted by Gasteiger charge is -2.31. The number of carbonyl (C=O) groups excluding carboxylic acids is 1. The van der Waals surface area contributed by atoms with Crippen molar-refractivity contribution in [3.8, 4) is 0 Å². The molecule has 0 saturated carbocycles. The molecule has 1 aromatic carbocycles. The fourth-order valence-electron chi connectivity index (χ4n) is 2.87. The van der Waals surface area contributed by atoms with Gasteiger partial charge in [0.05, 0.1) is 5.69 Å². The normalized spacial score (nSPS) is 24.8. The average Bonchev–Trinajstić information content (AvgIpc) is 2.82. The third-order valence-corrected chi connectivity index (χ3v) is 3.79. The average molecular weight is 267 g/mol. The van der Waals surface area contributed by atoms with Gasteiger partial charge >= 0.3 is 0 Å². The van der Waals surface area contributed by atoms with Crippen LogP contribution in [0, 0.1) is 5.92 Å². The van der Waals surface area contributed by atoms with Gasteiger partial charge in [-0.15, -0.1) is 0 Å². The Bertz CT molecular complexity index is 656. The van der Waals surface area contributed by atoms with Gasteiger partial charge in [0.15, 0.2) is 0 Å². The van der Waals surface area contributed by atoms with Crippen molar-refractivity contribution in [2.45, 2.75) is 19.9 Å². The molecule has 1 amide bonds. The standard InChI is InChI=1S/C16H17N3O/c1-10(2)15-16(20)17-8-7-11-9-18-12-5-4-6-13(14(11)12)19(15)3/h4-10,15H,1-3H3/b11-7+,17-8-. The molecule has 0 bridgehead atoms. The zero-order valence-corrected chi connectivity index (χ0v) is 11.9. The van der Waals surface area contributed by atoms with E-state index in [1.165, 1.54) is 0 Å². The molecule has 2 aliphatic heterocycles. The number of likely N-dealkylation sites (N-methyl/N-ethyl adjacent to an activating group) is 1. The van der Waals surface area contributed by atoms with Crippen molar-refractivity contribution in [2.24, 2.45) is 15.9 Å². The molecular weight excluding hydrogens is 250 g/mol. The van der Waals surface area contributed by atoms with Gasteiger partial charge in [0.25, 0.3) is 5.91 Å². The Morgan fingerprint density at radius 3 is 2.80 bits per heavy atom. The number of rotatable bonds is 1. The predicted octanol–water partition coefficient (Wildman–Crippen LogP) is 2.86. The molecule has 3 rings (SSSR count). The van der Waals surface area contributed by atoms with Crippen LogP contribution in [0.2, 0.25) is 0 Å². The maximum atomic E-state index is 12.3. The van der Waals surface area contributed by atoms with E-state index in [2.05, 4.69) is 9.98 Å². The van der Waals surface area contributed by atoms with Crippen LogP contribution >= 0.6 is 0 Å². The summed E-state index contributed by atoms with van der Waals surface area (Å²) in [4.78, 5) is 22.8. The maximum absolute atomic E-state index is 12.3. The first-order valence-corrected chi connectivity index (χ1v) is 6.78. The molecule has 0 saturated heterocycles. The highest BCUT2D eigenvalue weighted by molar-refractivity contribution is 6.22. The Balaban J connectivity index is 2.22. The monoisotopic (exact) mass is 267 g/mol. The second kappa shape index (κ2) is 4.71. The number of hydrogen-bond donors (Lipinski definition) is 0. The highest BCUT2D eigenvalue weighted by Crippen LogP contribution is 2.39. The molecule has 2 aliphatic rings. The van der Waals surface area contributed by atoms with Gasteiger partial charge in [-0.05, 0) is 24.1 Å². The molecule has 1 aromatic rings. The topological polar surface area (TPSA) is 45.0 Å². The van der Waals surface area contributed by atoms with Crippen LogP contribution in [0.25, 0.3) is 5.57 Å². The maximum Gasteiger partial charge on any atom is 0.268 e. The van der Waals surface area contributed by atoms with Crippen molar-refractivity contribution in [1.29, 1.82) is 0 Å². The first-order valence-electron chi connectivity index (χ1n) is 6.78. The highest BCUT2D eigenvalue weighted by atomic mass is 16.1. The number of carbonyl (C=O) groups is 1. The zero-order valence-electron chi connectivity index (χ0n) is 11.9. The van der Waals surface area contributed by atoms with Crippen molar-refractivity contribution in [2.75, 3.05) is 11.9 Å². The van der Waals surface area contributed by atoms with E-state index in [4.69, 9.17) is 0 Å². The van der Waals surface area contributed by atoms with Crippen LogP contribution in [-0.2, 0) is 4.79 Å². The Labute approximate surface area is 118 Å². The molecular formula is C16H17N3O. The van der Waals surface area contributed by atoms with Crippen molar-refractivity contribution in [3.05, 3.63) is 29.8 Å². The molecule has 0 spiro atoms. The fraction of sp³-hybridized carbons (Fsp3) is 0.312. The third kappa shape index (κ3) is 1.88. The molecule has 0 aliphatic carbocycles. The summed E-state index contributed by atoms with van der Waals surface area (Å²) in [7, 11) is 1.95. The van der Waals surface area contributed by atoms with Crippen LogP contribution in [0.3, 0.4) is 0 Å². The molecule has 1 atom stereocenters. The number of aliphatic imine (C=N–C) groups is 2. The molecule has 0 aromatic heterocycles. The fourth-order valence-corrected chi connectivity index (χ4v) is 2.87. The molecule has 20 heavy (non-hydrogen) atoms. The van der Waals surface area contributed by atoms with Crippen molar-refractivity contribution in [1.82, 2.24) is 0 Å². The van der Waals surface area contributed by atoms with Crippen molar-refractivity contribution in [3.63, 3.8) is 0 Å². The Morgan fingerprint density at radius 2 is 2.05 bits per heavy atom. The van der Waals surface area contributed by atoms with E-state index in [0.717, 1.165) is 22.5 Å². The van der Waals surface area contributed by atoms with E-state index in [9.17, 15) is 4.79 Å². The van der Waals surface area contributed by atoms with Gasteiger partial charge in [-0.25, -0.2) is 4.99 Å². The van der Waals surface area contributed by atoms with Crippen LogP contribution < -0.4 is 4.90 Å². The van der Waals surface area contributed by atoms with E-state index in [-0.39, 0.29) is 17.9 Å². The minimum atomic E-state index is -0.258. The first-order chi connectivity index (χ1) is 9.59. The summed E-state index contributed by atoms with van der Waals surface area (Å²) < 4.78 is 0. The van der Waals surface area contributed by atoms with Gasteiger partial charge < -0.3 is 4.90 Å². The number of anilines is 1. The van der Waals surface area contributed by atoms with Crippen LogP contribution in [0.5, 0.6) is 0 Å². The molecule has 0 radical (unpaired) electrons. The minimum Gasteiger partial charge on any atom is -0.362 e. The molecule has 1 unspecified atom stereocenters. The quantitative estimate of drug-likeness (QED) is 0.785. The Morgan fingerprint density at radius 1 is 1.25 bits per heavy atom. The number of amides is 1. The van der Waals surface area contributed by atoms with Gasteiger partial charge in [-0.1, -0.05) is 19.9 Å².